The molecule has 4 aliphatic rings. The van der Waals surface area contributed by atoms with Gasteiger partial charge in [-0.3, -0.25) is 19.2 Å². The van der Waals surface area contributed by atoms with E-state index in [-0.39, 0.29) is 43.8 Å². The standard InChI is InChI=1S/C32H41N3O7/c1-18(2)23(17-36)35-28-30(39)34(22-15-19(3)11-12-20(22)4)14-8-13-32(28)27(29(35)38)26-24(42-32)9-6-7-10-25(37)33-16-21(5)41-31(26)40/h6,8-9,11-13,15,18,21,23-24,26-28,36H,7,10,14,16-17H2,1-5H3,(H,33,37)/b9-6-/t21-,23-,24-,26+,27+,28-,32+/m0/s1. The summed E-state index contributed by atoms with van der Waals surface area (Å²) in [6.45, 7) is 9.41. The van der Waals surface area contributed by atoms with Gasteiger partial charge in [0.2, 0.25) is 11.8 Å². The maximum absolute atomic E-state index is 14.7. The summed E-state index contributed by atoms with van der Waals surface area (Å²) in [5, 5.41) is 13.2. The molecular weight excluding hydrogens is 538 g/mol. The Morgan fingerprint density at radius 3 is 2.60 bits per heavy atom. The minimum Gasteiger partial charge on any atom is -0.460 e. The van der Waals surface area contributed by atoms with Crippen molar-refractivity contribution < 1.29 is 33.8 Å². The van der Waals surface area contributed by atoms with Gasteiger partial charge in [0.1, 0.15) is 23.7 Å². The van der Waals surface area contributed by atoms with Gasteiger partial charge in [0, 0.05) is 18.7 Å². The molecule has 226 valence electrons. The molecule has 10 heteroatoms. The lowest BCUT2D eigenvalue weighted by atomic mass is 9.78. The van der Waals surface area contributed by atoms with Crippen LogP contribution in [0.25, 0.3) is 0 Å². The third-order valence-corrected chi connectivity index (χ3v) is 8.94. The number of hydrogen-bond donors (Lipinski definition) is 2. The summed E-state index contributed by atoms with van der Waals surface area (Å²) >= 11 is 0. The van der Waals surface area contributed by atoms with E-state index >= 15 is 0 Å². The monoisotopic (exact) mass is 579 g/mol. The van der Waals surface area contributed by atoms with Crippen LogP contribution in [0.1, 0.15) is 44.7 Å². The van der Waals surface area contributed by atoms with E-state index in [0.717, 1.165) is 16.8 Å². The first-order valence-electron chi connectivity index (χ1n) is 14.8. The van der Waals surface area contributed by atoms with Crippen LogP contribution in [0.15, 0.2) is 42.5 Å². The number of amides is 3. The Hall–Kier alpha value is -3.50. The lowest BCUT2D eigenvalue weighted by Crippen LogP contribution is -2.59. The van der Waals surface area contributed by atoms with E-state index < -0.39 is 53.6 Å². The van der Waals surface area contributed by atoms with Gasteiger partial charge in [0.15, 0.2) is 0 Å². The van der Waals surface area contributed by atoms with Crippen molar-refractivity contribution >= 4 is 29.4 Å². The Bertz CT molecular complexity index is 1320. The molecule has 0 bridgehead atoms. The van der Waals surface area contributed by atoms with Crippen LogP contribution in [0.5, 0.6) is 0 Å². The molecule has 0 aliphatic carbocycles. The van der Waals surface area contributed by atoms with E-state index in [1.165, 1.54) is 4.90 Å². The summed E-state index contributed by atoms with van der Waals surface area (Å²) in [5.74, 6) is -3.76. The van der Waals surface area contributed by atoms with Crippen molar-refractivity contribution in [3.63, 3.8) is 0 Å². The lowest BCUT2D eigenvalue weighted by Gasteiger charge is -2.40. The van der Waals surface area contributed by atoms with Gasteiger partial charge in [0.05, 0.1) is 31.2 Å². The number of fused-ring (bicyclic) bond motifs is 2. The summed E-state index contributed by atoms with van der Waals surface area (Å²) in [6, 6.07) is 4.10. The number of aliphatic hydroxyl groups excluding tert-OH is 1. The fourth-order valence-electron chi connectivity index (χ4n) is 6.81. The Morgan fingerprint density at radius 1 is 1.12 bits per heavy atom. The molecule has 0 radical (unpaired) electrons. The van der Waals surface area contributed by atoms with Crippen LogP contribution in [0.2, 0.25) is 0 Å². The lowest BCUT2D eigenvalue weighted by molar-refractivity contribution is -0.159. The highest BCUT2D eigenvalue weighted by Crippen LogP contribution is 2.54. The van der Waals surface area contributed by atoms with Gasteiger partial charge >= 0.3 is 5.97 Å². The number of aliphatic hydroxyl groups is 1. The molecule has 0 saturated carbocycles. The third-order valence-electron chi connectivity index (χ3n) is 8.94. The van der Waals surface area contributed by atoms with Gasteiger partial charge < -0.3 is 29.7 Å². The van der Waals surface area contributed by atoms with E-state index in [1.807, 2.05) is 52.0 Å². The van der Waals surface area contributed by atoms with Crippen molar-refractivity contribution in [1.29, 1.82) is 0 Å². The maximum Gasteiger partial charge on any atom is 0.313 e. The van der Waals surface area contributed by atoms with Crippen molar-refractivity contribution in [3.8, 4) is 0 Å². The highest BCUT2D eigenvalue weighted by Gasteiger charge is 2.72. The van der Waals surface area contributed by atoms with Crippen LogP contribution in [0.3, 0.4) is 0 Å². The number of carbonyl (C=O) groups is 4. The largest absolute Gasteiger partial charge is 0.460 e. The molecule has 3 amide bonds. The average Bonchev–Trinajstić information content (AvgIpc) is 3.32. The predicted molar refractivity (Wildman–Crippen MR) is 155 cm³/mol. The van der Waals surface area contributed by atoms with Crippen LogP contribution in [-0.4, -0.2) is 83.3 Å². The molecule has 10 nitrogen and oxygen atoms in total. The fraction of sp³-hybridized carbons (Fsp3) is 0.562. The number of hydrogen-bond acceptors (Lipinski definition) is 7. The molecule has 0 aromatic heterocycles. The minimum absolute atomic E-state index is 0.147. The molecule has 4 heterocycles. The number of nitrogens with zero attached hydrogens (tertiary/aromatic N) is 2. The van der Waals surface area contributed by atoms with Gasteiger partial charge in [-0.05, 0) is 50.3 Å². The molecule has 2 fully saturated rings. The first kappa shape index (κ1) is 30.0. The summed E-state index contributed by atoms with van der Waals surface area (Å²) in [7, 11) is 0. The minimum atomic E-state index is -1.46. The van der Waals surface area contributed by atoms with Crippen molar-refractivity contribution in [2.75, 3.05) is 24.6 Å². The second kappa shape index (κ2) is 11.6. The van der Waals surface area contributed by atoms with Crippen LogP contribution < -0.4 is 10.2 Å². The number of cyclic esters (lactones) is 1. The number of anilines is 1. The first-order chi connectivity index (χ1) is 20.0. The molecule has 2 N–H and O–H groups in total. The SMILES string of the molecule is Cc1ccc(C)c(N2CC=C[C@@]34O[C@H]5/C=C\CCC(=O)NC[C@H](C)OC(=O)[C@H]5[C@@H]3C(=O)N([C@@H](CO)C(C)C)[C@H]4C2=O)c1. The Kier molecular flexibility index (Phi) is 8.31. The second-order valence-corrected chi connectivity index (χ2v) is 12.2. The molecule has 2 saturated heterocycles. The number of carbonyl (C=O) groups excluding carboxylic acids is 4. The van der Waals surface area contributed by atoms with Gasteiger partial charge in [-0.25, -0.2) is 0 Å². The quantitative estimate of drug-likeness (QED) is 0.414. The average molecular weight is 580 g/mol. The normalized spacial score (nSPS) is 33.2. The molecule has 1 aromatic rings. The number of rotatable bonds is 4. The number of benzene rings is 1. The van der Waals surface area contributed by atoms with Crippen LogP contribution in [-0.2, 0) is 28.7 Å². The zero-order valence-electron chi connectivity index (χ0n) is 24.9. The molecule has 1 aromatic carbocycles. The fourth-order valence-corrected chi connectivity index (χ4v) is 6.81. The molecule has 42 heavy (non-hydrogen) atoms. The third kappa shape index (κ3) is 5.04. The van der Waals surface area contributed by atoms with Crippen molar-refractivity contribution in [1.82, 2.24) is 10.2 Å². The maximum atomic E-state index is 14.7. The molecule has 4 aliphatic heterocycles. The highest BCUT2D eigenvalue weighted by molar-refractivity contribution is 6.06. The summed E-state index contributed by atoms with van der Waals surface area (Å²) < 4.78 is 12.5. The number of allylic oxidation sites excluding steroid dienone is 1. The van der Waals surface area contributed by atoms with E-state index in [9.17, 15) is 24.3 Å². The van der Waals surface area contributed by atoms with Crippen molar-refractivity contribution in [2.24, 2.45) is 17.8 Å². The molecule has 0 unspecified atom stereocenters. The summed E-state index contributed by atoms with van der Waals surface area (Å²) in [6.07, 6.45) is 6.32. The van der Waals surface area contributed by atoms with Gasteiger partial charge in [-0.15, -0.1) is 0 Å². The Balaban J connectivity index is 1.65. The number of likely N-dealkylation sites (tertiary alicyclic amines) is 1. The van der Waals surface area contributed by atoms with E-state index in [1.54, 1.807) is 30.1 Å². The van der Waals surface area contributed by atoms with Crippen LogP contribution in [0.4, 0.5) is 5.69 Å². The first-order valence-corrected chi connectivity index (χ1v) is 14.8. The van der Waals surface area contributed by atoms with Gasteiger partial charge in [-0.2, -0.15) is 0 Å². The molecule has 5 rings (SSSR count). The van der Waals surface area contributed by atoms with E-state index in [2.05, 4.69) is 5.32 Å². The zero-order valence-corrected chi connectivity index (χ0v) is 24.9. The smallest absolute Gasteiger partial charge is 0.313 e. The Morgan fingerprint density at radius 2 is 1.88 bits per heavy atom. The van der Waals surface area contributed by atoms with Crippen LogP contribution in [0, 0.1) is 31.6 Å². The van der Waals surface area contributed by atoms with Crippen molar-refractivity contribution in [3.05, 3.63) is 53.6 Å². The molecule has 7 atom stereocenters. The predicted octanol–water partition coefficient (Wildman–Crippen LogP) is 2.20. The topological polar surface area (TPSA) is 125 Å². The number of esters is 1. The van der Waals surface area contributed by atoms with E-state index in [4.69, 9.17) is 9.47 Å². The van der Waals surface area contributed by atoms with Crippen molar-refractivity contribution in [2.45, 2.75) is 77.4 Å². The highest BCUT2D eigenvalue weighted by atomic mass is 16.6. The molecular formula is C32H41N3O7. The zero-order chi connectivity index (χ0) is 30.3. The number of aryl methyl sites for hydroxylation is 2. The van der Waals surface area contributed by atoms with Gasteiger partial charge in [-0.1, -0.05) is 50.3 Å². The number of nitrogens with one attached hydrogen (secondary N) is 1. The van der Waals surface area contributed by atoms with Gasteiger partial charge in [0.25, 0.3) is 5.91 Å². The van der Waals surface area contributed by atoms with E-state index in [0.29, 0.717) is 6.42 Å². The second-order valence-electron chi connectivity index (χ2n) is 12.2. The molecule has 1 spiro atoms. The van der Waals surface area contributed by atoms with Crippen LogP contribution >= 0.6 is 0 Å². The number of ether oxygens (including phenoxy) is 2. The summed E-state index contributed by atoms with van der Waals surface area (Å²) in [4.78, 5) is 58.3. The summed E-state index contributed by atoms with van der Waals surface area (Å²) in [5.41, 5.74) is 1.17. The Labute approximate surface area is 246 Å².